The molecule has 2 fully saturated rings. The van der Waals surface area contributed by atoms with Crippen LogP contribution in [-0.2, 0) is 4.74 Å². The average molecular weight is 420 g/mol. The molecule has 6 nitrogen and oxygen atoms in total. The third-order valence-electron chi connectivity index (χ3n) is 5.81. The molecule has 2 aliphatic heterocycles. The summed E-state index contributed by atoms with van der Waals surface area (Å²) in [4.78, 5) is 19.8. The summed E-state index contributed by atoms with van der Waals surface area (Å²) < 4.78 is 12.4. The molecule has 4 rings (SSSR count). The summed E-state index contributed by atoms with van der Waals surface area (Å²) in [7, 11) is 1.56. The third-order valence-corrected chi connectivity index (χ3v) is 6.19. The minimum absolute atomic E-state index is 0.142. The van der Waals surface area contributed by atoms with E-state index in [1.165, 1.54) is 4.57 Å². The number of ether oxygens (including phenoxy) is 2. The molecule has 29 heavy (non-hydrogen) atoms. The zero-order valence-corrected chi connectivity index (χ0v) is 18.5. The van der Waals surface area contributed by atoms with E-state index < -0.39 is 0 Å². The molecule has 3 heterocycles. The first-order valence-corrected chi connectivity index (χ1v) is 10.7. The maximum atomic E-state index is 12.9. The van der Waals surface area contributed by atoms with Gasteiger partial charge >= 0.3 is 0 Å². The Balaban J connectivity index is 0.00000117. The molecule has 2 aliphatic rings. The summed E-state index contributed by atoms with van der Waals surface area (Å²) in [5.41, 5.74) is 0.768. The molecule has 0 aliphatic carbocycles. The number of nitrogens with zero attached hydrogens (tertiary/aromatic N) is 3. The summed E-state index contributed by atoms with van der Waals surface area (Å²) in [6, 6.07) is 6.98. The first-order chi connectivity index (χ1) is 14.0. The predicted octanol–water partition coefficient (Wildman–Crippen LogP) is 4.24. The van der Waals surface area contributed by atoms with E-state index in [9.17, 15) is 4.79 Å². The minimum atomic E-state index is -0.142. The lowest BCUT2D eigenvalue weighted by Gasteiger charge is -2.38. The Morgan fingerprint density at radius 2 is 1.93 bits per heavy atom. The van der Waals surface area contributed by atoms with Crippen LogP contribution < -0.4 is 15.2 Å². The lowest BCUT2D eigenvalue weighted by molar-refractivity contribution is 0.133. The van der Waals surface area contributed by atoms with Crippen LogP contribution in [0.1, 0.15) is 38.9 Å². The molecule has 0 bridgehead atoms. The molecule has 0 unspecified atom stereocenters. The Hall–Kier alpha value is -2.05. The van der Waals surface area contributed by atoms with Crippen LogP contribution in [0.15, 0.2) is 29.1 Å². The van der Waals surface area contributed by atoms with Crippen molar-refractivity contribution >= 4 is 17.4 Å². The Labute approximate surface area is 177 Å². The molecule has 0 N–H and O–H groups in total. The second-order valence-electron chi connectivity index (χ2n) is 7.42. The van der Waals surface area contributed by atoms with Crippen molar-refractivity contribution in [3.8, 4) is 11.4 Å². The number of methoxy groups -OCH3 is 1. The van der Waals surface area contributed by atoms with E-state index in [1.807, 2.05) is 26.8 Å². The van der Waals surface area contributed by atoms with Crippen LogP contribution in [-0.4, -0.2) is 43.0 Å². The lowest BCUT2D eigenvalue weighted by atomic mass is 9.78. The molecule has 0 atom stereocenters. The average Bonchev–Trinajstić information content (AvgIpc) is 3.18. The van der Waals surface area contributed by atoms with E-state index in [2.05, 4.69) is 4.90 Å². The highest BCUT2D eigenvalue weighted by atomic mass is 35.5. The topological polar surface area (TPSA) is 56.6 Å². The maximum Gasteiger partial charge on any atom is 0.260 e. The summed E-state index contributed by atoms with van der Waals surface area (Å²) in [6.45, 7) is 9.37. The van der Waals surface area contributed by atoms with Gasteiger partial charge in [0.05, 0.1) is 19.4 Å². The summed E-state index contributed by atoms with van der Waals surface area (Å²) >= 11 is 6.41. The van der Waals surface area contributed by atoms with Crippen molar-refractivity contribution < 1.29 is 9.47 Å². The fraction of sp³-hybridized carbons (Fsp3) is 0.545. The molecule has 2 aromatic rings. The monoisotopic (exact) mass is 419 g/mol. The normalized spacial score (nSPS) is 17.8. The van der Waals surface area contributed by atoms with Gasteiger partial charge < -0.3 is 14.4 Å². The standard InChI is InChI=1S/C20H24ClN3O3.C2H6/c1-14-22-17(23-9-6-20(7-10-23)8-11-27-13-20)12-18(25)24(14)15-4-3-5-16(26-2)19(15)21;1-2/h3-5,12H,6-11,13H2,1-2H3;1-2H3. The fourth-order valence-corrected chi connectivity index (χ4v) is 4.41. The van der Waals surface area contributed by atoms with Gasteiger partial charge in [-0.25, -0.2) is 4.98 Å². The molecular formula is C22H30ClN3O3. The predicted molar refractivity (Wildman–Crippen MR) is 117 cm³/mol. The van der Waals surface area contributed by atoms with Gasteiger partial charge in [0.15, 0.2) is 0 Å². The minimum Gasteiger partial charge on any atom is -0.495 e. The van der Waals surface area contributed by atoms with E-state index in [-0.39, 0.29) is 5.56 Å². The van der Waals surface area contributed by atoms with E-state index in [1.54, 1.807) is 25.3 Å². The second-order valence-corrected chi connectivity index (χ2v) is 7.80. The van der Waals surface area contributed by atoms with E-state index in [4.69, 9.17) is 26.1 Å². The van der Waals surface area contributed by atoms with Gasteiger partial charge in [-0.2, -0.15) is 0 Å². The number of rotatable bonds is 3. The van der Waals surface area contributed by atoms with Crippen LogP contribution >= 0.6 is 11.6 Å². The van der Waals surface area contributed by atoms with Crippen molar-refractivity contribution in [1.29, 1.82) is 0 Å². The first-order valence-electron chi connectivity index (χ1n) is 10.3. The molecule has 1 aromatic heterocycles. The van der Waals surface area contributed by atoms with Gasteiger partial charge in [-0.15, -0.1) is 0 Å². The van der Waals surface area contributed by atoms with Crippen molar-refractivity contribution in [2.45, 2.75) is 40.0 Å². The van der Waals surface area contributed by atoms with Gasteiger partial charge in [0.25, 0.3) is 5.56 Å². The number of anilines is 1. The number of aryl methyl sites for hydroxylation is 1. The molecule has 0 radical (unpaired) electrons. The smallest absolute Gasteiger partial charge is 0.260 e. The van der Waals surface area contributed by atoms with Gasteiger partial charge in [0.1, 0.15) is 22.4 Å². The van der Waals surface area contributed by atoms with Crippen molar-refractivity contribution in [1.82, 2.24) is 9.55 Å². The molecule has 0 saturated carbocycles. The van der Waals surface area contributed by atoms with Crippen molar-refractivity contribution in [2.75, 3.05) is 38.3 Å². The highest BCUT2D eigenvalue weighted by Crippen LogP contribution is 2.39. The van der Waals surface area contributed by atoms with Gasteiger partial charge in [-0.05, 0) is 43.7 Å². The van der Waals surface area contributed by atoms with Crippen LogP contribution in [0.3, 0.4) is 0 Å². The molecule has 2 saturated heterocycles. The first kappa shape index (κ1) is 21.7. The zero-order valence-electron chi connectivity index (χ0n) is 17.7. The SMILES string of the molecule is CC.COc1cccc(-n2c(C)nc(N3CCC4(CCOC4)CC3)cc2=O)c1Cl. The number of benzene rings is 1. The Morgan fingerprint density at radius 1 is 1.21 bits per heavy atom. The zero-order chi connectivity index (χ0) is 21.0. The number of aromatic nitrogens is 2. The lowest BCUT2D eigenvalue weighted by Crippen LogP contribution is -2.41. The van der Waals surface area contributed by atoms with Gasteiger partial charge in [0, 0.05) is 25.8 Å². The van der Waals surface area contributed by atoms with Crippen LogP contribution in [0.4, 0.5) is 5.82 Å². The van der Waals surface area contributed by atoms with E-state index in [0.29, 0.717) is 27.7 Å². The maximum absolute atomic E-state index is 12.9. The highest BCUT2D eigenvalue weighted by Gasteiger charge is 2.38. The molecule has 1 aromatic carbocycles. The van der Waals surface area contributed by atoms with Crippen molar-refractivity contribution in [3.05, 3.63) is 45.5 Å². The highest BCUT2D eigenvalue weighted by molar-refractivity contribution is 6.33. The fourth-order valence-electron chi connectivity index (χ4n) is 4.12. The quantitative estimate of drug-likeness (QED) is 0.744. The number of hydrogen-bond acceptors (Lipinski definition) is 5. The van der Waals surface area contributed by atoms with Gasteiger partial charge in [-0.1, -0.05) is 31.5 Å². The van der Waals surface area contributed by atoms with Gasteiger partial charge in [-0.3, -0.25) is 9.36 Å². The molecular weight excluding hydrogens is 390 g/mol. The van der Waals surface area contributed by atoms with Crippen LogP contribution in [0.2, 0.25) is 5.02 Å². The van der Waals surface area contributed by atoms with Crippen molar-refractivity contribution in [3.63, 3.8) is 0 Å². The number of hydrogen-bond donors (Lipinski definition) is 0. The molecule has 158 valence electrons. The molecule has 7 heteroatoms. The summed E-state index contributed by atoms with van der Waals surface area (Å²) in [5, 5.41) is 0.404. The Morgan fingerprint density at radius 3 is 2.52 bits per heavy atom. The van der Waals surface area contributed by atoms with E-state index in [0.717, 1.165) is 51.4 Å². The summed E-state index contributed by atoms with van der Waals surface area (Å²) in [6.07, 6.45) is 3.31. The van der Waals surface area contributed by atoms with Crippen LogP contribution in [0.5, 0.6) is 5.75 Å². The van der Waals surface area contributed by atoms with Gasteiger partial charge in [0.2, 0.25) is 0 Å². The largest absolute Gasteiger partial charge is 0.495 e. The van der Waals surface area contributed by atoms with Crippen LogP contribution in [0.25, 0.3) is 5.69 Å². The number of halogens is 1. The molecule has 1 spiro atoms. The Kier molecular flexibility index (Phi) is 6.85. The van der Waals surface area contributed by atoms with E-state index >= 15 is 0 Å². The summed E-state index contributed by atoms with van der Waals surface area (Å²) in [5.74, 6) is 1.88. The van der Waals surface area contributed by atoms with Crippen molar-refractivity contribution in [2.24, 2.45) is 5.41 Å². The number of piperidine rings is 1. The molecule has 0 amide bonds. The third kappa shape index (κ3) is 4.28. The second kappa shape index (κ2) is 9.18. The van der Waals surface area contributed by atoms with Crippen LogP contribution in [0, 0.1) is 12.3 Å². The Bertz CT molecular complexity index is 897.